The predicted molar refractivity (Wildman–Crippen MR) is 145 cm³/mol. The summed E-state index contributed by atoms with van der Waals surface area (Å²) in [6.07, 6.45) is 0.668. The normalized spacial score (nSPS) is 11.1. The van der Waals surface area contributed by atoms with Gasteiger partial charge < -0.3 is 14.8 Å². The summed E-state index contributed by atoms with van der Waals surface area (Å²) in [5.41, 5.74) is 3.07. The van der Waals surface area contributed by atoms with Gasteiger partial charge in [-0.2, -0.15) is 18.4 Å². The lowest BCUT2D eigenvalue weighted by atomic mass is 10.1. The van der Waals surface area contributed by atoms with E-state index in [-0.39, 0.29) is 12.1 Å². The van der Waals surface area contributed by atoms with E-state index in [0.29, 0.717) is 23.8 Å². The third-order valence-electron chi connectivity index (χ3n) is 6.11. The van der Waals surface area contributed by atoms with Crippen LogP contribution in [0.15, 0.2) is 91.4 Å². The van der Waals surface area contributed by atoms with Crippen LogP contribution >= 0.6 is 12.2 Å². The Bertz CT molecular complexity index is 1390. The second-order valence-corrected chi connectivity index (χ2v) is 9.11. The zero-order valence-electron chi connectivity index (χ0n) is 20.5. The molecule has 0 aliphatic carbocycles. The number of halogens is 3. The van der Waals surface area contributed by atoms with E-state index in [4.69, 9.17) is 17.5 Å². The minimum absolute atomic E-state index is 0.0325. The Morgan fingerprint density at radius 3 is 2.42 bits per heavy atom. The molecule has 0 saturated carbocycles. The van der Waals surface area contributed by atoms with Gasteiger partial charge in [0.15, 0.2) is 5.11 Å². The number of para-hydroxylation sites is 1. The molecule has 4 rings (SSSR count). The molecule has 0 saturated heterocycles. The molecular formula is C29H26F3N5S. The van der Waals surface area contributed by atoms with E-state index in [9.17, 15) is 13.2 Å². The molecule has 3 aromatic carbocycles. The van der Waals surface area contributed by atoms with Crippen molar-refractivity contribution in [3.8, 4) is 6.07 Å². The van der Waals surface area contributed by atoms with Gasteiger partial charge in [-0.3, -0.25) is 0 Å². The molecular weight excluding hydrogens is 507 g/mol. The van der Waals surface area contributed by atoms with Crippen molar-refractivity contribution in [2.24, 2.45) is 0 Å². The maximum atomic E-state index is 13.4. The minimum atomic E-state index is -4.43. The van der Waals surface area contributed by atoms with Crippen LogP contribution in [0, 0.1) is 11.3 Å². The molecule has 1 N–H and O–H groups in total. The van der Waals surface area contributed by atoms with Gasteiger partial charge in [-0.1, -0.05) is 48.5 Å². The number of nitrogens with one attached hydrogen (secondary N) is 1. The topological polar surface area (TPSA) is 56.9 Å². The number of alkyl halides is 3. The minimum Gasteiger partial charge on any atom is -0.358 e. The van der Waals surface area contributed by atoms with E-state index in [1.165, 1.54) is 12.1 Å². The number of thiocarbonyl (C=S) groups is 1. The molecule has 0 aliphatic rings. The molecule has 4 aromatic rings. The third-order valence-corrected chi connectivity index (χ3v) is 6.48. The number of benzene rings is 3. The number of nitriles is 1. The lowest BCUT2D eigenvalue weighted by molar-refractivity contribution is -0.138. The molecule has 1 heterocycles. The van der Waals surface area contributed by atoms with Crippen LogP contribution < -0.4 is 10.2 Å². The molecule has 0 amide bonds. The van der Waals surface area contributed by atoms with Crippen LogP contribution in [0.5, 0.6) is 0 Å². The summed E-state index contributed by atoms with van der Waals surface area (Å²) < 4.78 is 42.3. The van der Waals surface area contributed by atoms with Gasteiger partial charge in [0.05, 0.1) is 23.5 Å². The second-order valence-electron chi connectivity index (χ2n) is 8.73. The van der Waals surface area contributed by atoms with E-state index in [2.05, 4.69) is 20.9 Å². The van der Waals surface area contributed by atoms with Crippen LogP contribution in [0.4, 0.5) is 18.9 Å². The first-order chi connectivity index (χ1) is 18.3. The number of aryl methyl sites for hydroxylation is 1. The van der Waals surface area contributed by atoms with Gasteiger partial charge in [-0.25, -0.2) is 4.98 Å². The zero-order chi connectivity index (χ0) is 27.0. The van der Waals surface area contributed by atoms with Gasteiger partial charge in [0, 0.05) is 37.2 Å². The van der Waals surface area contributed by atoms with Crippen molar-refractivity contribution in [3.05, 3.63) is 119 Å². The average molecular weight is 534 g/mol. The van der Waals surface area contributed by atoms with Gasteiger partial charge in [0.1, 0.15) is 0 Å². The van der Waals surface area contributed by atoms with Gasteiger partial charge in [0.25, 0.3) is 0 Å². The Morgan fingerprint density at radius 1 is 1.00 bits per heavy atom. The van der Waals surface area contributed by atoms with E-state index < -0.39 is 11.7 Å². The van der Waals surface area contributed by atoms with Crippen molar-refractivity contribution in [3.63, 3.8) is 0 Å². The molecule has 0 unspecified atom stereocenters. The van der Waals surface area contributed by atoms with Crippen LogP contribution in [0.3, 0.4) is 0 Å². The van der Waals surface area contributed by atoms with Gasteiger partial charge in [-0.05, 0) is 66.5 Å². The summed E-state index contributed by atoms with van der Waals surface area (Å²) in [5.74, 6) is 0. The number of hydrogen-bond acceptors (Lipinski definition) is 3. The summed E-state index contributed by atoms with van der Waals surface area (Å²) in [5, 5.41) is 12.4. The van der Waals surface area contributed by atoms with Crippen LogP contribution in [0.1, 0.15) is 34.4 Å². The standard InChI is InChI=1S/C29H26F3N5S/c30-29(31,32)27-11-5-4-7-24(27)18-35-28(38)37(25-8-2-1-3-9-25)16-6-10-26-19-34-21-36(26)20-23-14-12-22(17-33)13-15-23/h1-5,7-9,11-15,19,21H,6,10,16,18,20H2,(H,35,38). The first kappa shape index (κ1) is 26.9. The number of rotatable bonds is 9. The van der Waals surface area contributed by atoms with Crippen LogP contribution in [0.2, 0.25) is 0 Å². The molecule has 0 radical (unpaired) electrons. The van der Waals surface area contributed by atoms with E-state index in [1.807, 2.05) is 53.6 Å². The number of hydrogen-bond donors (Lipinski definition) is 1. The molecule has 9 heteroatoms. The van der Waals surface area contributed by atoms with Crippen molar-refractivity contribution in [1.29, 1.82) is 5.26 Å². The summed E-state index contributed by atoms with van der Waals surface area (Å²) in [7, 11) is 0. The molecule has 0 fully saturated rings. The van der Waals surface area contributed by atoms with E-state index >= 15 is 0 Å². The smallest absolute Gasteiger partial charge is 0.358 e. The largest absolute Gasteiger partial charge is 0.416 e. The Hall–Kier alpha value is -4.16. The highest BCUT2D eigenvalue weighted by molar-refractivity contribution is 7.80. The first-order valence-corrected chi connectivity index (χ1v) is 12.5. The highest BCUT2D eigenvalue weighted by Gasteiger charge is 2.32. The number of nitrogens with zero attached hydrogens (tertiary/aromatic N) is 4. The lowest BCUT2D eigenvalue weighted by Crippen LogP contribution is -2.40. The molecule has 0 aliphatic heterocycles. The summed E-state index contributed by atoms with van der Waals surface area (Å²) >= 11 is 5.63. The number of aromatic nitrogens is 2. The van der Waals surface area contributed by atoms with Gasteiger partial charge >= 0.3 is 6.18 Å². The van der Waals surface area contributed by atoms with E-state index in [1.54, 1.807) is 24.5 Å². The first-order valence-electron chi connectivity index (χ1n) is 12.1. The Labute approximate surface area is 225 Å². The monoisotopic (exact) mass is 533 g/mol. The summed E-state index contributed by atoms with van der Waals surface area (Å²) in [6, 6.07) is 24.6. The molecule has 5 nitrogen and oxygen atoms in total. The van der Waals surface area contributed by atoms with Crippen molar-refractivity contribution < 1.29 is 13.2 Å². The molecule has 0 atom stereocenters. The van der Waals surface area contributed by atoms with Crippen LogP contribution in [-0.2, 0) is 25.7 Å². The molecule has 1 aromatic heterocycles. The summed E-state index contributed by atoms with van der Waals surface area (Å²) in [4.78, 5) is 6.21. The van der Waals surface area contributed by atoms with Crippen LogP contribution in [0.25, 0.3) is 0 Å². The Balaban J connectivity index is 1.41. The molecule has 194 valence electrons. The SMILES string of the molecule is N#Cc1ccc(Cn2cncc2CCCN(C(=S)NCc2ccccc2C(F)(F)F)c2ccccc2)cc1. The van der Waals surface area contributed by atoms with E-state index in [0.717, 1.165) is 35.9 Å². The van der Waals surface area contributed by atoms with Crippen molar-refractivity contribution in [2.45, 2.75) is 32.1 Å². The lowest BCUT2D eigenvalue weighted by Gasteiger charge is -2.26. The van der Waals surface area contributed by atoms with Crippen LogP contribution in [-0.4, -0.2) is 21.2 Å². The van der Waals surface area contributed by atoms with Gasteiger partial charge in [0.2, 0.25) is 0 Å². The fourth-order valence-electron chi connectivity index (χ4n) is 4.17. The van der Waals surface area contributed by atoms with Crippen molar-refractivity contribution in [1.82, 2.24) is 14.9 Å². The molecule has 0 spiro atoms. The fourth-order valence-corrected chi connectivity index (χ4v) is 4.44. The predicted octanol–water partition coefficient (Wildman–Crippen LogP) is 6.34. The van der Waals surface area contributed by atoms with Crippen molar-refractivity contribution >= 4 is 23.0 Å². The third kappa shape index (κ3) is 6.99. The number of anilines is 1. The Morgan fingerprint density at radius 2 is 1.71 bits per heavy atom. The molecule has 0 bridgehead atoms. The highest BCUT2D eigenvalue weighted by atomic mass is 32.1. The maximum Gasteiger partial charge on any atom is 0.416 e. The highest BCUT2D eigenvalue weighted by Crippen LogP contribution is 2.31. The fraction of sp³-hybridized carbons (Fsp3) is 0.207. The second kappa shape index (κ2) is 12.4. The zero-order valence-corrected chi connectivity index (χ0v) is 21.3. The number of imidazole rings is 1. The Kier molecular flexibility index (Phi) is 8.77. The molecule has 38 heavy (non-hydrogen) atoms. The maximum absolute atomic E-state index is 13.4. The van der Waals surface area contributed by atoms with Crippen molar-refractivity contribution in [2.75, 3.05) is 11.4 Å². The van der Waals surface area contributed by atoms with Gasteiger partial charge in [-0.15, -0.1) is 0 Å². The quantitative estimate of drug-likeness (QED) is 0.255. The average Bonchev–Trinajstić information content (AvgIpc) is 3.37. The summed E-state index contributed by atoms with van der Waals surface area (Å²) in [6.45, 7) is 1.18.